The molecule has 1 aromatic carbocycles. The van der Waals surface area contributed by atoms with E-state index >= 15 is 0 Å². The van der Waals surface area contributed by atoms with Gasteiger partial charge in [0.15, 0.2) is 0 Å². The number of carboxylic acids is 1. The van der Waals surface area contributed by atoms with E-state index in [1.165, 1.54) is 30.3 Å². The summed E-state index contributed by atoms with van der Waals surface area (Å²) in [7, 11) is -3.98. The summed E-state index contributed by atoms with van der Waals surface area (Å²) in [5.41, 5.74) is 0. The van der Waals surface area contributed by atoms with E-state index in [1.54, 1.807) is 0 Å². The lowest BCUT2D eigenvalue weighted by molar-refractivity contribution is 0.0702. The van der Waals surface area contributed by atoms with Gasteiger partial charge in [-0.1, -0.05) is 29.3 Å². The average Bonchev–Trinajstić information content (AvgIpc) is 2.76. The predicted octanol–water partition coefficient (Wildman–Crippen LogP) is 3.55. The molecule has 2 aromatic rings. The number of halogens is 2. The summed E-state index contributed by atoms with van der Waals surface area (Å²) in [6, 6.07) is 6.99. The molecule has 1 heterocycles. The third-order valence-corrected chi connectivity index (χ3v) is 5.68. The zero-order valence-electron chi connectivity index (χ0n) is 9.63. The number of sulfonamides is 1. The van der Waals surface area contributed by atoms with Crippen LogP contribution < -0.4 is 4.72 Å². The molecule has 2 rings (SSSR count). The Morgan fingerprint density at radius 3 is 2.25 bits per heavy atom. The van der Waals surface area contributed by atoms with Crippen molar-refractivity contribution in [3.8, 4) is 0 Å². The SMILES string of the molecule is O=C(O)c1ccc(NS(=O)(=O)c2c(Cl)cccc2Cl)s1. The van der Waals surface area contributed by atoms with Gasteiger partial charge in [-0.15, -0.1) is 11.3 Å². The molecule has 1 aromatic heterocycles. The summed E-state index contributed by atoms with van der Waals surface area (Å²) in [5, 5.41) is 8.93. The second-order valence-electron chi connectivity index (χ2n) is 3.63. The molecule has 2 N–H and O–H groups in total. The van der Waals surface area contributed by atoms with Crippen molar-refractivity contribution in [1.82, 2.24) is 0 Å². The fourth-order valence-corrected chi connectivity index (χ4v) is 4.61. The number of thiophene rings is 1. The smallest absolute Gasteiger partial charge is 0.345 e. The highest BCUT2D eigenvalue weighted by Gasteiger charge is 2.22. The van der Waals surface area contributed by atoms with Gasteiger partial charge in [0.05, 0.1) is 10.0 Å². The van der Waals surface area contributed by atoms with Crippen LogP contribution in [0.5, 0.6) is 0 Å². The Morgan fingerprint density at radius 1 is 1.15 bits per heavy atom. The zero-order chi connectivity index (χ0) is 14.9. The summed E-state index contributed by atoms with van der Waals surface area (Å²) < 4.78 is 26.7. The summed E-state index contributed by atoms with van der Waals surface area (Å²) in [5.74, 6) is -1.13. The maximum Gasteiger partial charge on any atom is 0.345 e. The number of carbonyl (C=O) groups is 1. The van der Waals surface area contributed by atoms with Crippen molar-refractivity contribution in [2.75, 3.05) is 4.72 Å². The van der Waals surface area contributed by atoms with Crippen molar-refractivity contribution < 1.29 is 18.3 Å². The van der Waals surface area contributed by atoms with Crippen molar-refractivity contribution in [3.05, 3.63) is 45.3 Å². The van der Waals surface area contributed by atoms with E-state index in [4.69, 9.17) is 28.3 Å². The molecule has 0 aliphatic carbocycles. The lowest BCUT2D eigenvalue weighted by Gasteiger charge is -2.09. The number of rotatable bonds is 4. The van der Waals surface area contributed by atoms with Crippen LogP contribution in [0.25, 0.3) is 0 Å². The second-order valence-corrected chi connectivity index (χ2v) is 7.14. The van der Waals surface area contributed by atoms with E-state index in [0.29, 0.717) is 0 Å². The molecule has 0 saturated carbocycles. The molecule has 20 heavy (non-hydrogen) atoms. The van der Waals surface area contributed by atoms with Gasteiger partial charge in [-0.25, -0.2) is 13.2 Å². The van der Waals surface area contributed by atoms with Gasteiger partial charge in [0.2, 0.25) is 0 Å². The highest BCUT2D eigenvalue weighted by Crippen LogP contribution is 2.32. The van der Waals surface area contributed by atoms with Crippen LogP contribution in [0, 0.1) is 0 Å². The first-order valence-electron chi connectivity index (χ1n) is 5.11. The minimum absolute atomic E-state index is 0.0139. The molecular weight excluding hydrogens is 345 g/mol. The molecule has 0 aliphatic heterocycles. The lowest BCUT2D eigenvalue weighted by atomic mass is 10.4. The van der Waals surface area contributed by atoms with Gasteiger partial charge < -0.3 is 5.11 Å². The third kappa shape index (κ3) is 3.06. The minimum atomic E-state index is -3.98. The van der Waals surface area contributed by atoms with E-state index in [9.17, 15) is 13.2 Å². The Kier molecular flexibility index (Phi) is 4.24. The first-order chi connectivity index (χ1) is 9.31. The Labute approximate surface area is 128 Å². The second kappa shape index (κ2) is 5.61. The maximum atomic E-state index is 12.2. The molecule has 9 heteroatoms. The van der Waals surface area contributed by atoms with Gasteiger partial charge in [-0.05, 0) is 24.3 Å². The fraction of sp³-hybridized carbons (Fsp3) is 0. The molecule has 0 amide bonds. The van der Waals surface area contributed by atoms with Crippen LogP contribution in [0.1, 0.15) is 9.67 Å². The number of benzene rings is 1. The van der Waals surface area contributed by atoms with Crippen molar-refractivity contribution >= 4 is 55.5 Å². The van der Waals surface area contributed by atoms with Gasteiger partial charge >= 0.3 is 5.97 Å². The first kappa shape index (κ1) is 15.1. The van der Waals surface area contributed by atoms with Crippen molar-refractivity contribution in [2.24, 2.45) is 0 Å². The van der Waals surface area contributed by atoms with Crippen LogP contribution in [0.2, 0.25) is 10.0 Å². The van der Waals surface area contributed by atoms with Crippen LogP contribution >= 0.6 is 34.5 Å². The third-order valence-electron chi connectivity index (χ3n) is 2.24. The standard InChI is InChI=1S/C11H7Cl2NO4S2/c12-6-2-1-3-7(13)10(6)20(17,18)14-9-5-4-8(19-9)11(15)16/h1-5,14H,(H,15,16). The van der Waals surface area contributed by atoms with Crippen LogP contribution in [0.15, 0.2) is 35.2 Å². The molecule has 106 valence electrons. The molecule has 0 atom stereocenters. The Bertz CT molecular complexity index is 750. The molecular formula is C11H7Cl2NO4S2. The van der Waals surface area contributed by atoms with Gasteiger partial charge in [-0.3, -0.25) is 4.72 Å². The van der Waals surface area contributed by atoms with E-state index in [2.05, 4.69) is 4.72 Å². The van der Waals surface area contributed by atoms with E-state index in [0.717, 1.165) is 11.3 Å². The maximum absolute atomic E-state index is 12.2. The molecule has 0 bridgehead atoms. The van der Waals surface area contributed by atoms with E-state index < -0.39 is 16.0 Å². The van der Waals surface area contributed by atoms with Crippen LogP contribution in [0.3, 0.4) is 0 Å². The number of hydrogen-bond donors (Lipinski definition) is 2. The summed E-state index contributed by atoms with van der Waals surface area (Å²) in [4.78, 5) is 10.5. The topological polar surface area (TPSA) is 83.5 Å². The molecule has 0 unspecified atom stereocenters. The molecule has 0 radical (unpaired) electrons. The molecule has 0 saturated heterocycles. The van der Waals surface area contributed by atoms with Gasteiger partial charge in [0.25, 0.3) is 10.0 Å². The summed E-state index contributed by atoms with van der Waals surface area (Å²) >= 11 is 12.5. The number of carboxylic acid groups (broad SMARTS) is 1. The largest absolute Gasteiger partial charge is 0.477 e. The average molecular weight is 352 g/mol. The number of hydrogen-bond acceptors (Lipinski definition) is 4. The molecule has 0 spiro atoms. The van der Waals surface area contributed by atoms with Crippen molar-refractivity contribution in [3.63, 3.8) is 0 Å². The molecule has 0 fully saturated rings. The van der Waals surface area contributed by atoms with Crippen LogP contribution in [0.4, 0.5) is 5.00 Å². The molecule has 0 aliphatic rings. The molecule has 5 nitrogen and oxygen atoms in total. The van der Waals surface area contributed by atoms with Crippen molar-refractivity contribution in [1.29, 1.82) is 0 Å². The fourth-order valence-electron chi connectivity index (χ4n) is 1.43. The minimum Gasteiger partial charge on any atom is -0.477 e. The van der Waals surface area contributed by atoms with Crippen LogP contribution in [-0.2, 0) is 10.0 Å². The van der Waals surface area contributed by atoms with Gasteiger partial charge in [0.1, 0.15) is 14.8 Å². The van der Waals surface area contributed by atoms with E-state index in [-0.39, 0.29) is 24.8 Å². The number of nitrogens with one attached hydrogen (secondary N) is 1. The zero-order valence-corrected chi connectivity index (χ0v) is 12.8. The lowest BCUT2D eigenvalue weighted by Crippen LogP contribution is -2.13. The van der Waals surface area contributed by atoms with Crippen molar-refractivity contribution in [2.45, 2.75) is 4.90 Å². The Hall–Kier alpha value is -1.28. The van der Waals surface area contributed by atoms with Crippen LogP contribution in [-0.4, -0.2) is 19.5 Å². The monoisotopic (exact) mass is 351 g/mol. The Balaban J connectivity index is 2.38. The highest BCUT2D eigenvalue weighted by molar-refractivity contribution is 7.93. The number of anilines is 1. The number of aromatic carboxylic acids is 1. The van der Waals surface area contributed by atoms with Gasteiger partial charge in [-0.2, -0.15) is 0 Å². The quantitative estimate of drug-likeness (QED) is 0.881. The normalized spacial score (nSPS) is 11.3. The van der Waals surface area contributed by atoms with E-state index in [1.807, 2.05) is 0 Å². The van der Waals surface area contributed by atoms with Gasteiger partial charge in [0, 0.05) is 0 Å². The Morgan fingerprint density at radius 2 is 1.75 bits per heavy atom. The first-order valence-corrected chi connectivity index (χ1v) is 8.17. The highest BCUT2D eigenvalue weighted by atomic mass is 35.5. The predicted molar refractivity (Wildman–Crippen MR) is 78.5 cm³/mol. The summed E-state index contributed by atoms with van der Waals surface area (Å²) in [6.07, 6.45) is 0. The summed E-state index contributed by atoms with van der Waals surface area (Å²) in [6.45, 7) is 0.